The molecule has 0 aliphatic carbocycles. The summed E-state index contributed by atoms with van der Waals surface area (Å²) in [6.07, 6.45) is 0.261. The number of halogens is 4. The van der Waals surface area contributed by atoms with Gasteiger partial charge in [-0.1, -0.05) is 24.4 Å². The lowest BCUT2D eigenvalue weighted by Crippen LogP contribution is -2.33. The van der Waals surface area contributed by atoms with Crippen LogP contribution < -0.4 is 0 Å². The molecule has 1 aliphatic rings. The van der Waals surface area contributed by atoms with Crippen LogP contribution in [-0.4, -0.2) is 33.3 Å². The average molecular weight is 360 g/mol. The molecule has 0 radical (unpaired) electrons. The molecule has 0 atom stereocenters. The minimum atomic E-state index is -4.54. The van der Waals surface area contributed by atoms with Crippen LogP contribution >= 0.6 is 11.6 Å². The number of hydrogen-bond donors (Lipinski definition) is 0. The Morgan fingerprint density at radius 2 is 1.83 bits per heavy atom. The van der Waals surface area contributed by atoms with Crippen molar-refractivity contribution in [3.05, 3.63) is 34.2 Å². The van der Waals surface area contributed by atoms with Crippen LogP contribution in [0.3, 0.4) is 0 Å². The molecular weight excluding hydrogens is 343 g/mol. The van der Waals surface area contributed by atoms with E-state index in [1.165, 1.54) is 4.40 Å². The second-order valence-corrected chi connectivity index (χ2v) is 6.43. The fourth-order valence-corrected chi connectivity index (χ4v) is 3.30. The van der Waals surface area contributed by atoms with Gasteiger partial charge in [0.05, 0.1) is 16.3 Å². The van der Waals surface area contributed by atoms with E-state index in [0.29, 0.717) is 18.8 Å². The van der Waals surface area contributed by atoms with Crippen LogP contribution in [0.4, 0.5) is 13.2 Å². The molecule has 3 rings (SSSR count). The lowest BCUT2D eigenvalue weighted by atomic mass is 10.2. The highest BCUT2D eigenvalue weighted by Crippen LogP contribution is 2.33. The number of nitrogens with zero attached hydrogens (tertiary/aromatic N) is 3. The Kier molecular flexibility index (Phi) is 4.46. The van der Waals surface area contributed by atoms with Gasteiger partial charge in [-0.15, -0.1) is 0 Å². The van der Waals surface area contributed by atoms with Crippen molar-refractivity contribution in [2.45, 2.75) is 38.8 Å². The summed E-state index contributed by atoms with van der Waals surface area (Å²) in [5.41, 5.74) is -0.201. The Hall–Kier alpha value is -1.76. The molecular formula is C16H17ClF3N3O. The molecule has 1 saturated heterocycles. The second kappa shape index (κ2) is 6.27. The van der Waals surface area contributed by atoms with Crippen LogP contribution in [0.1, 0.15) is 47.4 Å². The Bertz CT molecular complexity index is 777. The largest absolute Gasteiger partial charge is 0.417 e. The summed E-state index contributed by atoms with van der Waals surface area (Å²) in [6, 6.07) is 0.837. The summed E-state index contributed by atoms with van der Waals surface area (Å²) < 4.78 is 40.3. The van der Waals surface area contributed by atoms with E-state index in [2.05, 4.69) is 4.98 Å². The molecule has 0 bridgehead atoms. The summed E-state index contributed by atoms with van der Waals surface area (Å²) in [4.78, 5) is 18.7. The van der Waals surface area contributed by atoms with E-state index in [0.717, 1.165) is 37.9 Å². The van der Waals surface area contributed by atoms with E-state index >= 15 is 0 Å². The third kappa shape index (κ3) is 3.09. The molecule has 0 aromatic carbocycles. The number of amides is 1. The van der Waals surface area contributed by atoms with Crippen LogP contribution in [0.2, 0.25) is 5.02 Å². The average Bonchev–Trinajstić information content (AvgIpc) is 2.69. The predicted molar refractivity (Wildman–Crippen MR) is 84.3 cm³/mol. The maximum atomic E-state index is 13.1. The molecule has 1 aliphatic heterocycles. The summed E-state index contributed by atoms with van der Waals surface area (Å²) in [5.74, 6) is -0.294. The molecule has 0 unspecified atom stereocenters. The Balaban J connectivity index is 2.11. The van der Waals surface area contributed by atoms with Crippen LogP contribution in [0.5, 0.6) is 0 Å². The topological polar surface area (TPSA) is 37.6 Å². The van der Waals surface area contributed by atoms with Crippen molar-refractivity contribution in [1.82, 2.24) is 14.3 Å². The van der Waals surface area contributed by atoms with Gasteiger partial charge in [0.1, 0.15) is 5.69 Å². The fourth-order valence-electron chi connectivity index (χ4n) is 3.05. The van der Waals surface area contributed by atoms with E-state index in [1.807, 2.05) is 0 Å². The summed E-state index contributed by atoms with van der Waals surface area (Å²) in [7, 11) is 0. The van der Waals surface area contributed by atoms with Crippen LogP contribution in [0.25, 0.3) is 5.65 Å². The quantitative estimate of drug-likeness (QED) is 0.760. The van der Waals surface area contributed by atoms with Gasteiger partial charge < -0.3 is 4.90 Å². The highest BCUT2D eigenvalue weighted by atomic mass is 35.5. The lowest BCUT2D eigenvalue weighted by Gasteiger charge is -2.20. The van der Waals surface area contributed by atoms with Gasteiger partial charge in [-0.05, 0) is 25.8 Å². The van der Waals surface area contributed by atoms with Crippen molar-refractivity contribution in [3.8, 4) is 0 Å². The zero-order valence-corrected chi connectivity index (χ0v) is 13.9. The standard InChI is InChI=1S/C16H17ClF3N3O/c1-10-13(15(24)22-6-4-2-3-5-7-22)23-9-11(16(18,19)20)8-12(17)14(23)21-10/h8-9H,2-7H2,1H3. The van der Waals surface area contributed by atoms with Crippen molar-refractivity contribution in [3.63, 3.8) is 0 Å². The molecule has 0 N–H and O–H groups in total. The number of imidazole rings is 1. The Labute approximate surface area is 142 Å². The zero-order valence-electron chi connectivity index (χ0n) is 13.2. The molecule has 0 saturated carbocycles. The number of alkyl halides is 3. The first-order valence-electron chi connectivity index (χ1n) is 7.83. The third-order valence-corrected chi connectivity index (χ3v) is 4.55. The van der Waals surface area contributed by atoms with Gasteiger partial charge in [-0.3, -0.25) is 9.20 Å². The maximum absolute atomic E-state index is 13.1. The summed E-state index contributed by atoms with van der Waals surface area (Å²) in [5, 5.41) is -0.122. The Morgan fingerprint density at radius 3 is 2.42 bits per heavy atom. The first-order chi connectivity index (χ1) is 11.3. The number of aromatic nitrogens is 2. The fraction of sp³-hybridized carbons (Fsp3) is 0.500. The molecule has 0 spiro atoms. The zero-order chi connectivity index (χ0) is 17.5. The minimum Gasteiger partial charge on any atom is -0.337 e. The normalized spacial score (nSPS) is 16.5. The molecule has 4 nitrogen and oxygen atoms in total. The molecule has 2 aromatic rings. The van der Waals surface area contributed by atoms with Crippen LogP contribution in [0.15, 0.2) is 12.3 Å². The van der Waals surface area contributed by atoms with E-state index in [-0.39, 0.29) is 22.3 Å². The van der Waals surface area contributed by atoms with E-state index in [1.54, 1.807) is 11.8 Å². The van der Waals surface area contributed by atoms with Gasteiger partial charge in [-0.25, -0.2) is 4.98 Å². The SMILES string of the molecule is Cc1nc2c(Cl)cc(C(F)(F)F)cn2c1C(=O)N1CCCCCC1. The van der Waals surface area contributed by atoms with Gasteiger partial charge in [0, 0.05) is 19.3 Å². The molecule has 2 aromatic heterocycles. The second-order valence-electron chi connectivity index (χ2n) is 6.02. The molecule has 3 heterocycles. The van der Waals surface area contributed by atoms with Crippen molar-refractivity contribution in [2.75, 3.05) is 13.1 Å². The molecule has 24 heavy (non-hydrogen) atoms. The van der Waals surface area contributed by atoms with E-state index in [4.69, 9.17) is 11.6 Å². The van der Waals surface area contributed by atoms with Crippen LogP contribution in [-0.2, 0) is 6.18 Å². The highest BCUT2D eigenvalue weighted by molar-refractivity contribution is 6.33. The number of likely N-dealkylation sites (tertiary alicyclic amines) is 1. The van der Waals surface area contributed by atoms with Gasteiger partial charge in [0.2, 0.25) is 0 Å². The number of rotatable bonds is 1. The first-order valence-corrected chi connectivity index (χ1v) is 8.21. The molecule has 130 valence electrons. The van der Waals surface area contributed by atoms with E-state index < -0.39 is 11.7 Å². The molecule has 8 heteroatoms. The first kappa shape index (κ1) is 17.1. The van der Waals surface area contributed by atoms with Crippen molar-refractivity contribution in [1.29, 1.82) is 0 Å². The number of hydrogen-bond acceptors (Lipinski definition) is 2. The monoisotopic (exact) mass is 359 g/mol. The van der Waals surface area contributed by atoms with Gasteiger partial charge in [0.15, 0.2) is 5.65 Å². The summed E-state index contributed by atoms with van der Waals surface area (Å²) in [6.45, 7) is 2.83. The number of carbonyl (C=O) groups excluding carboxylic acids is 1. The smallest absolute Gasteiger partial charge is 0.337 e. The van der Waals surface area contributed by atoms with Gasteiger partial charge in [0.25, 0.3) is 5.91 Å². The van der Waals surface area contributed by atoms with E-state index in [9.17, 15) is 18.0 Å². The maximum Gasteiger partial charge on any atom is 0.417 e. The molecule has 1 fully saturated rings. The summed E-state index contributed by atoms with van der Waals surface area (Å²) >= 11 is 5.96. The van der Waals surface area contributed by atoms with Gasteiger partial charge in [-0.2, -0.15) is 13.2 Å². The predicted octanol–water partition coefficient (Wildman–Crippen LogP) is 4.33. The van der Waals surface area contributed by atoms with Crippen molar-refractivity contribution < 1.29 is 18.0 Å². The minimum absolute atomic E-state index is 0.122. The highest BCUT2D eigenvalue weighted by Gasteiger charge is 2.33. The molecule has 1 amide bonds. The van der Waals surface area contributed by atoms with Crippen molar-refractivity contribution >= 4 is 23.2 Å². The lowest BCUT2D eigenvalue weighted by molar-refractivity contribution is -0.137. The number of pyridine rings is 1. The Morgan fingerprint density at radius 1 is 1.21 bits per heavy atom. The number of fused-ring (bicyclic) bond motifs is 1. The number of carbonyl (C=O) groups is 1. The number of aryl methyl sites for hydroxylation is 1. The van der Waals surface area contributed by atoms with Crippen LogP contribution in [0, 0.1) is 6.92 Å². The van der Waals surface area contributed by atoms with Gasteiger partial charge >= 0.3 is 6.18 Å². The third-order valence-electron chi connectivity index (χ3n) is 4.27. The van der Waals surface area contributed by atoms with Crippen molar-refractivity contribution in [2.24, 2.45) is 0 Å².